The molecule has 0 saturated carbocycles. The van der Waals surface area contributed by atoms with Gasteiger partial charge in [0, 0.05) is 5.92 Å². The number of aliphatic carboxylic acids is 1. The van der Waals surface area contributed by atoms with Crippen LogP contribution in [0.15, 0.2) is 46.5 Å². The average Bonchev–Trinajstić information content (AvgIpc) is 2.50. The Kier molecular flexibility index (Phi) is 5.74. The highest BCUT2D eigenvalue weighted by Crippen LogP contribution is 2.40. The maximum atomic E-state index is 11.3. The van der Waals surface area contributed by atoms with Crippen LogP contribution in [0.4, 0.5) is 0 Å². The van der Waals surface area contributed by atoms with E-state index in [1.807, 2.05) is 52.0 Å². The molecule has 0 aliphatic rings. The van der Waals surface area contributed by atoms with Crippen LogP contribution in [0.2, 0.25) is 0 Å². The molecule has 2 nitrogen and oxygen atoms in total. The molecule has 0 heterocycles. The van der Waals surface area contributed by atoms with Crippen molar-refractivity contribution in [1.82, 2.24) is 0 Å². The molecule has 24 heavy (non-hydrogen) atoms. The van der Waals surface area contributed by atoms with Gasteiger partial charge in [-0.2, -0.15) is 0 Å². The predicted molar refractivity (Wildman–Crippen MR) is 100 cm³/mol. The van der Waals surface area contributed by atoms with E-state index in [4.69, 9.17) is 23.2 Å². The second-order valence-electron chi connectivity index (χ2n) is 6.12. The van der Waals surface area contributed by atoms with Crippen LogP contribution >= 0.6 is 23.2 Å². The van der Waals surface area contributed by atoms with Crippen molar-refractivity contribution in [1.29, 1.82) is 0 Å². The van der Waals surface area contributed by atoms with Crippen LogP contribution in [0.25, 0.3) is 0 Å². The Bertz CT molecular complexity index is 771. The number of rotatable bonds is 4. The van der Waals surface area contributed by atoms with Gasteiger partial charge in [-0.05, 0) is 49.9 Å². The van der Waals surface area contributed by atoms with Crippen LogP contribution in [0, 0.1) is 27.7 Å². The standard InChI is InChI=1S/C20H20Cl2O2/c1-11-5-7-15(13(3)9-11)17(18(21)19(22)20(23)24)16-8-6-12(2)10-14(16)4/h5-10,17H,1-4H3,(H,23,24). The third-order valence-electron chi connectivity index (χ3n) is 4.12. The number of allylic oxidation sites excluding steroid dienone is 1. The van der Waals surface area contributed by atoms with Crippen molar-refractivity contribution in [3.05, 3.63) is 79.8 Å². The van der Waals surface area contributed by atoms with Gasteiger partial charge < -0.3 is 5.11 Å². The smallest absolute Gasteiger partial charge is 0.348 e. The fraction of sp³-hybridized carbons (Fsp3) is 0.250. The minimum Gasteiger partial charge on any atom is -0.477 e. The summed E-state index contributed by atoms with van der Waals surface area (Å²) in [5, 5.41) is 9.03. The van der Waals surface area contributed by atoms with E-state index in [2.05, 4.69) is 12.1 Å². The van der Waals surface area contributed by atoms with E-state index in [1.54, 1.807) is 0 Å². The molecule has 0 aliphatic carbocycles. The van der Waals surface area contributed by atoms with E-state index in [9.17, 15) is 9.90 Å². The number of hydrogen-bond acceptors (Lipinski definition) is 1. The molecular weight excluding hydrogens is 343 g/mol. The molecule has 2 aromatic rings. The fourth-order valence-electron chi connectivity index (χ4n) is 2.97. The van der Waals surface area contributed by atoms with Crippen molar-refractivity contribution >= 4 is 29.2 Å². The molecule has 0 spiro atoms. The summed E-state index contributed by atoms with van der Waals surface area (Å²) in [7, 11) is 0. The van der Waals surface area contributed by atoms with E-state index in [0.29, 0.717) is 0 Å². The van der Waals surface area contributed by atoms with Crippen molar-refractivity contribution in [2.24, 2.45) is 0 Å². The first-order valence-electron chi connectivity index (χ1n) is 7.65. The Morgan fingerprint density at radius 2 is 1.29 bits per heavy atom. The zero-order valence-corrected chi connectivity index (χ0v) is 15.7. The zero-order chi connectivity index (χ0) is 18.0. The van der Waals surface area contributed by atoms with Crippen LogP contribution in [0.3, 0.4) is 0 Å². The molecule has 0 atom stereocenters. The normalized spacial score (nSPS) is 12.3. The summed E-state index contributed by atoms with van der Waals surface area (Å²) in [5.74, 6) is -1.63. The minimum atomic E-state index is -1.22. The van der Waals surface area contributed by atoms with Gasteiger partial charge in [0.1, 0.15) is 5.03 Å². The van der Waals surface area contributed by atoms with Gasteiger partial charge in [0.25, 0.3) is 0 Å². The first kappa shape index (κ1) is 18.6. The van der Waals surface area contributed by atoms with E-state index >= 15 is 0 Å². The van der Waals surface area contributed by atoms with Crippen molar-refractivity contribution in [2.45, 2.75) is 33.6 Å². The number of carboxylic acids is 1. The molecule has 0 bridgehead atoms. The van der Waals surface area contributed by atoms with E-state index < -0.39 is 11.9 Å². The maximum Gasteiger partial charge on any atom is 0.348 e. The zero-order valence-electron chi connectivity index (χ0n) is 14.2. The van der Waals surface area contributed by atoms with Gasteiger partial charge in [0.2, 0.25) is 0 Å². The SMILES string of the molecule is Cc1ccc(C(C(Cl)=C(Cl)C(=O)O)c2ccc(C)cc2C)c(C)c1. The second-order valence-corrected chi connectivity index (χ2v) is 6.91. The largest absolute Gasteiger partial charge is 0.477 e. The number of halogens is 2. The number of aryl methyl sites for hydroxylation is 4. The van der Waals surface area contributed by atoms with Crippen LogP contribution in [0.5, 0.6) is 0 Å². The molecule has 0 unspecified atom stereocenters. The lowest BCUT2D eigenvalue weighted by Crippen LogP contribution is -2.09. The molecule has 0 aromatic heterocycles. The molecule has 4 heteroatoms. The summed E-state index contributed by atoms with van der Waals surface area (Å²) >= 11 is 12.4. The second kappa shape index (κ2) is 7.42. The molecular formula is C20H20Cl2O2. The lowest BCUT2D eigenvalue weighted by molar-refractivity contribution is -0.131. The lowest BCUT2D eigenvalue weighted by atomic mass is 9.84. The summed E-state index contributed by atoms with van der Waals surface area (Å²) in [6.07, 6.45) is 0. The molecule has 0 amide bonds. The Morgan fingerprint density at radius 3 is 1.62 bits per heavy atom. The number of carboxylic acid groups (broad SMARTS) is 1. The van der Waals surface area contributed by atoms with Gasteiger partial charge >= 0.3 is 5.97 Å². The molecule has 126 valence electrons. The predicted octanol–water partition coefficient (Wildman–Crippen LogP) is 5.83. The molecule has 0 saturated heterocycles. The Labute approximate surface area is 152 Å². The summed E-state index contributed by atoms with van der Waals surface area (Å²) in [5.41, 5.74) is 6.29. The van der Waals surface area contributed by atoms with Crippen molar-refractivity contribution in [3.8, 4) is 0 Å². The van der Waals surface area contributed by atoms with Gasteiger partial charge in [-0.1, -0.05) is 70.7 Å². The molecule has 0 radical (unpaired) electrons. The highest BCUT2D eigenvalue weighted by atomic mass is 35.5. The van der Waals surface area contributed by atoms with Gasteiger partial charge in [-0.3, -0.25) is 0 Å². The van der Waals surface area contributed by atoms with Crippen LogP contribution in [0.1, 0.15) is 39.3 Å². The fourth-order valence-corrected chi connectivity index (χ4v) is 3.39. The van der Waals surface area contributed by atoms with Gasteiger partial charge in [0.15, 0.2) is 0 Å². The Hall–Kier alpha value is -1.77. The molecule has 2 rings (SSSR count). The lowest BCUT2D eigenvalue weighted by Gasteiger charge is -2.23. The molecule has 0 aliphatic heterocycles. The summed E-state index contributed by atoms with van der Waals surface area (Å²) in [6.45, 7) is 8.03. The van der Waals surface area contributed by atoms with Crippen molar-refractivity contribution in [3.63, 3.8) is 0 Å². The van der Waals surface area contributed by atoms with Crippen LogP contribution in [-0.2, 0) is 4.79 Å². The third kappa shape index (κ3) is 3.82. The topological polar surface area (TPSA) is 37.3 Å². The summed E-state index contributed by atoms with van der Waals surface area (Å²) in [6, 6.07) is 12.1. The monoisotopic (exact) mass is 362 g/mol. The minimum absolute atomic E-state index is 0.128. The van der Waals surface area contributed by atoms with E-state index in [0.717, 1.165) is 33.4 Å². The highest BCUT2D eigenvalue weighted by molar-refractivity contribution is 6.47. The number of benzene rings is 2. The van der Waals surface area contributed by atoms with Crippen LogP contribution < -0.4 is 0 Å². The quantitative estimate of drug-likeness (QED) is 0.695. The van der Waals surface area contributed by atoms with Crippen molar-refractivity contribution in [2.75, 3.05) is 0 Å². The van der Waals surface area contributed by atoms with Crippen molar-refractivity contribution < 1.29 is 9.90 Å². The molecule has 2 aromatic carbocycles. The molecule has 0 fully saturated rings. The maximum absolute atomic E-state index is 11.3. The summed E-state index contributed by atoms with van der Waals surface area (Å²) in [4.78, 5) is 11.3. The van der Waals surface area contributed by atoms with Gasteiger partial charge in [-0.15, -0.1) is 0 Å². The van der Waals surface area contributed by atoms with Crippen LogP contribution in [-0.4, -0.2) is 11.1 Å². The Morgan fingerprint density at radius 1 is 0.875 bits per heavy atom. The Balaban J connectivity index is 2.75. The third-order valence-corrected chi connectivity index (χ3v) is 4.99. The van der Waals surface area contributed by atoms with E-state index in [-0.39, 0.29) is 10.1 Å². The molecule has 1 N–H and O–H groups in total. The first-order chi connectivity index (χ1) is 11.2. The van der Waals surface area contributed by atoms with Gasteiger partial charge in [-0.25, -0.2) is 4.79 Å². The highest BCUT2D eigenvalue weighted by Gasteiger charge is 2.26. The summed E-state index contributed by atoms with van der Waals surface area (Å²) < 4.78 is 0. The first-order valence-corrected chi connectivity index (χ1v) is 8.40. The van der Waals surface area contributed by atoms with Gasteiger partial charge in [0.05, 0.1) is 5.03 Å². The average molecular weight is 363 g/mol. The van der Waals surface area contributed by atoms with E-state index in [1.165, 1.54) is 0 Å². The number of hydrogen-bond donors (Lipinski definition) is 1. The number of carbonyl (C=O) groups is 1.